The van der Waals surface area contributed by atoms with Crippen molar-refractivity contribution in [1.29, 1.82) is 0 Å². The Morgan fingerprint density at radius 3 is 2.80 bits per heavy atom. The highest BCUT2D eigenvalue weighted by Crippen LogP contribution is 2.19. The van der Waals surface area contributed by atoms with Crippen molar-refractivity contribution in [1.82, 2.24) is 4.98 Å². The molecule has 2 nitrogen and oxygen atoms in total. The molecule has 0 N–H and O–H groups in total. The Balaban J connectivity index is 2.69. The summed E-state index contributed by atoms with van der Waals surface area (Å²) in [5, 5.41) is 0. The molecule has 0 bridgehead atoms. The fourth-order valence-electron chi connectivity index (χ4n) is 1.17. The number of nitrogens with zero attached hydrogens (tertiary/aromatic N) is 2. The molecule has 1 aromatic heterocycles. The van der Waals surface area contributed by atoms with E-state index in [0.717, 1.165) is 13.0 Å². The first-order valence-electron chi connectivity index (χ1n) is 4.67. The molecule has 0 saturated heterocycles. The third-order valence-corrected chi connectivity index (χ3v) is 2.90. The van der Waals surface area contributed by atoms with E-state index in [-0.39, 0.29) is 5.82 Å². The van der Waals surface area contributed by atoms with Crippen LogP contribution in [0, 0.1) is 5.82 Å². The number of pyridine rings is 1. The van der Waals surface area contributed by atoms with Crippen molar-refractivity contribution in [2.24, 2.45) is 0 Å². The van der Waals surface area contributed by atoms with Gasteiger partial charge in [0.15, 0.2) is 11.6 Å². The largest absolute Gasteiger partial charge is 0.357 e. The van der Waals surface area contributed by atoms with Gasteiger partial charge < -0.3 is 4.90 Å². The highest BCUT2D eigenvalue weighted by molar-refractivity contribution is 9.10. The zero-order chi connectivity index (χ0) is 11.4. The number of rotatable bonds is 4. The fourth-order valence-corrected chi connectivity index (χ4v) is 1.67. The minimum absolute atomic E-state index is 0.297. The number of alkyl halides is 1. The van der Waals surface area contributed by atoms with E-state index in [2.05, 4.69) is 43.8 Å². The third-order valence-electron chi connectivity index (χ3n) is 2.01. The molecule has 0 aliphatic heterocycles. The van der Waals surface area contributed by atoms with Crippen molar-refractivity contribution in [2.75, 3.05) is 18.5 Å². The van der Waals surface area contributed by atoms with E-state index in [0.29, 0.717) is 15.1 Å². The van der Waals surface area contributed by atoms with Gasteiger partial charge in [0, 0.05) is 29.1 Å². The highest BCUT2D eigenvalue weighted by atomic mass is 79.9. The molecule has 1 rings (SSSR count). The third kappa shape index (κ3) is 4.07. The molecule has 1 atom stereocenters. The second-order valence-corrected chi connectivity index (χ2v) is 5.93. The summed E-state index contributed by atoms with van der Waals surface area (Å²) < 4.78 is 14.1. The second kappa shape index (κ2) is 5.80. The molecular formula is C10H13Br2FN2. The smallest absolute Gasteiger partial charge is 0.166 e. The molecule has 15 heavy (non-hydrogen) atoms. The summed E-state index contributed by atoms with van der Waals surface area (Å²) in [5.41, 5.74) is 0. The van der Waals surface area contributed by atoms with Crippen LogP contribution in [0.25, 0.3) is 0 Å². The number of hydrogen-bond acceptors (Lipinski definition) is 2. The van der Waals surface area contributed by atoms with Crippen LogP contribution in [0.3, 0.4) is 0 Å². The van der Waals surface area contributed by atoms with Gasteiger partial charge in [0.1, 0.15) is 0 Å². The summed E-state index contributed by atoms with van der Waals surface area (Å²) in [5.74, 6) is 0.0976. The van der Waals surface area contributed by atoms with Crippen LogP contribution in [0.1, 0.15) is 13.3 Å². The maximum Gasteiger partial charge on any atom is 0.166 e. The summed E-state index contributed by atoms with van der Waals surface area (Å²) in [6, 6.07) is 1.43. The number of hydrogen-bond donors (Lipinski definition) is 0. The molecule has 0 amide bonds. The van der Waals surface area contributed by atoms with Gasteiger partial charge in [-0.3, -0.25) is 0 Å². The minimum Gasteiger partial charge on any atom is -0.357 e. The lowest BCUT2D eigenvalue weighted by molar-refractivity contribution is 0.611. The molecule has 1 heterocycles. The molecule has 1 aromatic rings. The van der Waals surface area contributed by atoms with Crippen LogP contribution in [0.4, 0.5) is 10.2 Å². The fraction of sp³-hybridized carbons (Fsp3) is 0.500. The normalized spacial score (nSPS) is 12.6. The Bertz CT molecular complexity index is 331. The Morgan fingerprint density at radius 1 is 1.60 bits per heavy atom. The molecule has 84 valence electrons. The Morgan fingerprint density at radius 2 is 2.27 bits per heavy atom. The first kappa shape index (κ1) is 12.9. The van der Waals surface area contributed by atoms with Crippen LogP contribution in [0.2, 0.25) is 0 Å². The van der Waals surface area contributed by atoms with Gasteiger partial charge in [-0.15, -0.1) is 0 Å². The van der Waals surface area contributed by atoms with E-state index in [1.54, 1.807) is 6.20 Å². The zero-order valence-electron chi connectivity index (χ0n) is 8.67. The molecule has 0 aliphatic carbocycles. The van der Waals surface area contributed by atoms with Crippen LogP contribution in [0.15, 0.2) is 16.7 Å². The second-order valence-electron chi connectivity index (χ2n) is 3.45. The Labute approximate surface area is 106 Å². The van der Waals surface area contributed by atoms with E-state index in [9.17, 15) is 4.39 Å². The SMILES string of the molecule is CC(Br)CCN(C)c1ncc(Br)cc1F. The quantitative estimate of drug-likeness (QED) is 0.779. The monoisotopic (exact) mass is 338 g/mol. The Kier molecular flexibility index (Phi) is 4.99. The lowest BCUT2D eigenvalue weighted by atomic mass is 10.3. The van der Waals surface area contributed by atoms with E-state index in [1.165, 1.54) is 6.07 Å². The minimum atomic E-state index is -0.297. The van der Waals surface area contributed by atoms with Gasteiger partial charge in [-0.25, -0.2) is 9.37 Å². The van der Waals surface area contributed by atoms with Crippen LogP contribution in [0.5, 0.6) is 0 Å². The molecule has 0 aromatic carbocycles. The van der Waals surface area contributed by atoms with Gasteiger partial charge in [-0.2, -0.15) is 0 Å². The molecule has 1 unspecified atom stereocenters. The van der Waals surface area contributed by atoms with Crippen LogP contribution < -0.4 is 4.90 Å². The van der Waals surface area contributed by atoms with Crippen molar-refractivity contribution in [2.45, 2.75) is 18.2 Å². The van der Waals surface area contributed by atoms with Crippen LogP contribution in [-0.4, -0.2) is 23.4 Å². The summed E-state index contributed by atoms with van der Waals surface area (Å²) in [6.45, 7) is 2.84. The maximum absolute atomic E-state index is 13.5. The summed E-state index contributed by atoms with van der Waals surface area (Å²) >= 11 is 6.64. The highest BCUT2D eigenvalue weighted by Gasteiger charge is 2.10. The van der Waals surface area contributed by atoms with E-state index in [1.807, 2.05) is 11.9 Å². The summed E-state index contributed by atoms with van der Waals surface area (Å²) in [4.78, 5) is 6.29. The molecule has 0 aliphatic rings. The summed E-state index contributed by atoms with van der Waals surface area (Å²) in [7, 11) is 1.84. The van der Waals surface area contributed by atoms with Crippen molar-refractivity contribution in [3.05, 3.63) is 22.6 Å². The summed E-state index contributed by atoms with van der Waals surface area (Å²) in [6.07, 6.45) is 2.56. The number of halogens is 3. The van der Waals surface area contributed by atoms with Crippen molar-refractivity contribution in [3.8, 4) is 0 Å². The molecule has 0 spiro atoms. The maximum atomic E-state index is 13.5. The molecule has 0 radical (unpaired) electrons. The molecule has 0 fully saturated rings. The standard InChI is InChI=1S/C10H13Br2FN2/c1-7(11)3-4-15(2)10-9(13)5-8(12)6-14-10/h5-7H,3-4H2,1-2H3. The van der Waals surface area contributed by atoms with Gasteiger partial charge in [0.05, 0.1) is 0 Å². The molecule has 0 saturated carbocycles. The Hall–Kier alpha value is -0.160. The number of aromatic nitrogens is 1. The van der Waals surface area contributed by atoms with Gasteiger partial charge in [-0.05, 0) is 28.4 Å². The first-order chi connectivity index (χ1) is 7.00. The van der Waals surface area contributed by atoms with E-state index >= 15 is 0 Å². The number of anilines is 1. The lowest BCUT2D eigenvalue weighted by Crippen LogP contribution is -2.22. The predicted octanol–water partition coefficient (Wildman–Crippen LogP) is 3.59. The molecule has 5 heteroatoms. The zero-order valence-corrected chi connectivity index (χ0v) is 11.8. The average molecular weight is 340 g/mol. The predicted molar refractivity (Wildman–Crippen MR) is 68.2 cm³/mol. The lowest BCUT2D eigenvalue weighted by Gasteiger charge is -2.19. The van der Waals surface area contributed by atoms with Crippen molar-refractivity contribution >= 4 is 37.7 Å². The van der Waals surface area contributed by atoms with E-state index < -0.39 is 0 Å². The topological polar surface area (TPSA) is 16.1 Å². The average Bonchev–Trinajstić information content (AvgIpc) is 2.14. The van der Waals surface area contributed by atoms with Gasteiger partial charge in [0.2, 0.25) is 0 Å². The molecular weight excluding hydrogens is 327 g/mol. The van der Waals surface area contributed by atoms with Crippen LogP contribution >= 0.6 is 31.9 Å². The van der Waals surface area contributed by atoms with Crippen LogP contribution in [-0.2, 0) is 0 Å². The van der Waals surface area contributed by atoms with E-state index in [4.69, 9.17) is 0 Å². The van der Waals surface area contributed by atoms with Gasteiger partial charge in [0.25, 0.3) is 0 Å². The van der Waals surface area contributed by atoms with Gasteiger partial charge in [-0.1, -0.05) is 22.9 Å². The van der Waals surface area contributed by atoms with Gasteiger partial charge >= 0.3 is 0 Å². The van der Waals surface area contributed by atoms with Crippen molar-refractivity contribution < 1.29 is 4.39 Å². The van der Waals surface area contributed by atoms with Crippen molar-refractivity contribution in [3.63, 3.8) is 0 Å². The first-order valence-corrected chi connectivity index (χ1v) is 6.38.